The van der Waals surface area contributed by atoms with E-state index in [0.717, 1.165) is 25.0 Å². The van der Waals surface area contributed by atoms with Gasteiger partial charge in [0.1, 0.15) is 18.1 Å². The smallest absolute Gasteiger partial charge is 0.199 e. The monoisotopic (exact) mass is 422 g/mol. The Kier molecular flexibility index (Phi) is 10.4. The second-order valence-electron chi connectivity index (χ2n) is 7.92. The molecule has 0 bridgehead atoms. The van der Waals surface area contributed by atoms with Gasteiger partial charge in [-0.25, -0.2) is 0 Å². The summed E-state index contributed by atoms with van der Waals surface area (Å²) in [6.07, 6.45) is 7.86. The van der Waals surface area contributed by atoms with Crippen molar-refractivity contribution in [2.75, 3.05) is 13.7 Å². The predicted molar refractivity (Wildman–Crippen MR) is 116 cm³/mol. The summed E-state index contributed by atoms with van der Waals surface area (Å²) in [7, 11) is 1.31. The van der Waals surface area contributed by atoms with Gasteiger partial charge in [-0.15, -0.1) is 0 Å². The minimum absolute atomic E-state index is 0.0113. The van der Waals surface area contributed by atoms with E-state index in [1.165, 1.54) is 45.3 Å². The van der Waals surface area contributed by atoms with Gasteiger partial charge in [0.05, 0.1) is 19.8 Å². The molecule has 0 radical (unpaired) electrons. The summed E-state index contributed by atoms with van der Waals surface area (Å²) in [5, 5.41) is 0. The molecule has 1 aromatic carbocycles. The lowest BCUT2D eigenvalue weighted by molar-refractivity contribution is -0.00208. The van der Waals surface area contributed by atoms with Gasteiger partial charge in [-0.05, 0) is 37.3 Å². The molecule has 5 heteroatoms. The molecule has 0 aliphatic carbocycles. The van der Waals surface area contributed by atoms with Crippen LogP contribution >= 0.6 is 0 Å². The van der Waals surface area contributed by atoms with Crippen LogP contribution in [0.2, 0.25) is 0 Å². The number of ether oxygens (including phenoxy) is 3. The number of methoxy groups -OCH3 is 1. The molecule has 1 fully saturated rings. The molecular formula is C25H36F2O3. The maximum Gasteiger partial charge on any atom is 0.199 e. The van der Waals surface area contributed by atoms with Crippen LogP contribution < -0.4 is 0 Å². The fourth-order valence-electron chi connectivity index (χ4n) is 3.66. The molecular weight excluding hydrogens is 386 g/mol. The van der Waals surface area contributed by atoms with Crippen molar-refractivity contribution in [2.45, 2.75) is 84.3 Å². The molecule has 0 N–H and O–H groups in total. The van der Waals surface area contributed by atoms with Crippen molar-refractivity contribution in [3.63, 3.8) is 0 Å². The molecule has 1 heterocycles. The van der Waals surface area contributed by atoms with Gasteiger partial charge in [-0.1, -0.05) is 57.4 Å². The highest BCUT2D eigenvalue weighted by molar-refractivity contribution is 5.27. The van der Waals surface area contributed by atoms with Crippen LogP contribution in [0, 0.1) is 0 Å². The summed E-state index contributed by atoms with van der Waals surface area (Å²) in [6, 6.07) is 8.15. The number of allylic oxidation sites excluding steroid dienone is 4. The maximum absolute atomic E-state index is 14.3. The number of benzene rings is 1. The lowest BCUT2D eigenvalue weighted by atomic mass is 9.90. The molecule has 0 spiro atoms. The summed E-state index contributed by atoms with van der Waals surface area (Å²) in [5.74, 6) is -1.71. The van der Waals surface area contributed by atoms with Gasteiger partial charge in [0.2, 0.25) is 0 Å². The molecule has 168 valence electrons. The molecule has 1 saturated heterocycles. The lowest BCUT2D eigenvalue weighted by Gasteiger charge is -2.29. The molecule has 1 aliphatic rings. The fourth-order valence-corrected chi connectivity index (χ4v) is 3.66. The molecule has 2 rings (SSSR count). The Bertz CT molecular complexity index is 702. The topological polar surface area (TPSA) is 27.7 Å². The first-order chi connectivity index (χ1) is 14.5. The Hall–Kier alpha value is -1.88. The van der Waals surface area contributed by atoms with E-state index in [4.69, 9.17) is 14.2 Å². The zero-order valence-electron chi connectivity index (χ0n) is 18.8. The Morgan fingerprint density at radius 2 is 1.80 bits per heavy atom. The summed E-state index contributed by atoms with van der Waals surface area (Å²) < 4.78 is 44.6. The van der Waals surface area contributed by atoms with E-state index in [1.54, 1.807) is 6.92 Å². The number of hydrogen-bond donors (Lipinski definition) is 0. The normalized spacial score (nSPS) is 21.0. The average Bonchev–Trinajstić information content (AvgIpc) is 2.79. The van der Waals surface area contributed by atoms with Crippen molar-refractivity contribution in [3.8, 4) is 0 Å². The van der Waals surface area contributed by atoms with Crippen LogP contribution in [0.1, 0.15) is 82.8 Å². The maximum atomic E-state index is 14.3. The van der Waals surface area contributed by atoms with E-state index >= 15 is 0 Å². The van der Waals surface area contributed by atoms with Crippen LogP contribution in [-0.2, 0) is 20.8 Å². The number of unbranched alkanes of at least 4 members (excludes halogenated alkanes) is 2. The highest BCUT2D eigenvalue weighted by atomic mass is 19.2. The van der Waals surface area contributed by atoms with Gasteiger partial charge in [0, 0.05) is 12.3 Å². The zero-order valence-corrected chi connectivity index (χ0v) is 18.8. The van der Waals surface area contributed by atoms with Crippen LogP contribution in [0.3, 0.4) is 0 Å². The molecule has 0 aromatic heterocycles. The molecule has 0 saturated carbocycles. The number of hydrogen-bond acceptors (Lipinski definition) is 3. The van der Waals surface area contributed by atoms with Gasteiger partial charge in [0.15, 0.2) is 11.7 Å². The second kappa shape index (κ2) is 12.7. The minimum Gasteiger partial charge on any atom is -0.498 e. The van der Waals surface area contributed by atoms with Gasteiger partial charge in [0.25, 0.3) is 0 Å². The Balaban J connectivity index is 1.89. The molecule has 3 nitrogen and oxygen atoms in total. The highest BCUT2D eigenvalue weighted by Gasteiger charge is 2.22. The summed E-state index contributed by atoms with van der Waals surface area (Å²) >= 11 is 0. The average molecular weight is 423 g/mol. The second-order valence-corrected chi connectivity index (χ2v) is 7.92. The van der Waals surface area contributed by atoms with Crippen LogP contribution in [0.25, 0.3) is 0 Å². The van der Waals surface area contributed by atoms with E-state index in [1.807, 2.05) is 12.1 Å². The van der Waals surface area contributed by atoms with Crippen molar-refractivity contribution in [1.29, 1.82) is 0 Å². The fraction of sp³-hybridized carbons (Fsp3) is 0.600. The van der Waals surface area contributed by atoms with Crippen molar-refractivity contribution < 1.29 is 23.0 Å². The lowest BCUT2D eigenvalue weighted by Crippen LogP contribution is -2.24. The molecule has 30 heavy (non-hydrogen) atoms. The van der Waals surface area contributed by atoms with Crippen LogP contribution in [0.4, 0.5) is 8.78 Å². The first-order valence-electron chi connectivity index (χ1n) is 11.1. The highest BCUT2D eigenvalue weighted by Crippen LogP contribution is 2.30. The van der Waals surface area contributed by atoms with Gasteiger partial charge >= 0.3 is 0 Å². The molecule has 2 unspecified atom stereocenters. The Labute approximate surface area is 180 Å². The number of halogens is 2. The first kappa shape index (κ1) is 24.4. The largest absolute Gasteiger partial charge is 0.498 e. The number of rotatable bonds is 11. The molecule has 2 atom stereocenters. The summed E-state index contributed by atoms with van der Waals surface area (Å²) in [5.41, 5.74) is 2.17. The Morgan fingerprint density at radius 1 is 1.07 bits per heavy atom. The summed E-state index contributed by atoms with van der Waals surface area (Å²) in [6.45, 7) is 6.29. The third kappa shape index (κ3) is 7.12. The third-order valence-corrected chi connectivity index (χ3v) is 5.74. The molecule has 1 aliphatic heterocycles. The molecule has 1 aromatic rings. The van der Waals surface area contributed by atoms with Gasteiger partial charge in [-0.3, -0.25) is 0 Å². The minimum atomic E-state index is -1.02. The van der Waals surface area contributed by atoms with E-state index in [9.17, 15) is 8.78 Å². The van der Waals surface area contributed by atoms with Crippen LogP contribution in [-0.4, -0.2) is 19.8 Å². The van der Waals surface area contributed by atoms with Crippen LogP contribution in [0.15, 0.2) is 47.4 Å². The standard InChI is InChI=1S/C25H36F2O3/c1-5-7-8-9-22-15-14-21(17-29-22)20-12-10-19(11-13-20)16-30-23(6-2)25(27)24(26)18(3)28-4/h10-13,21-22H,5-9,14-17H2,1-4H3/b24-18-,25-23-. The van der Waals surface area contributed by atoms with E-state index < -0.39 is 11.7 Å². The predicted octanol–water partition coefficient (Wildman–Crippen LogP) is 7.48. The SMILES string of the molecule is CCCCCC1CCC(c2ccc(CO/C(CC)=C(F)/C(F)=C(\C)OC)cc2)CO1. The van der Waals surface area contributed by atoms with Crippen molar-refractivity contribution in [3.05, 3.63) is 58.6 Å². The van der Waals surface area contributed by atoms with Crippen molar-refractivity contribution >= 4 is 0 Å². The van der Waals surface area contributed by atoms with E-state index in [-0.39, 0.29) is 24.5 Å². The quantitative estimate of drug-likeness (QED) is 0.210. The zero-order chi connectivity index (χ0) is 21.9. The first-order valence-corrected chi connectivity index (χ1v) is 11.1. The van der Waals surface area contributed by atoms with E-state index in [0.29, 0.717) is 12.0 Å². The molecule has 0 amide bonds. The van der Waals surface area contributed by atoms with Gasteiger partial charge < -0.3 is 14.2 Å². The Morgan fingerprint density at radius 3 is 2.37 bits per heavy atom. The van der Waals surface area contributed by atoms with Crippen molar-refractivity contribution in [2.24, 2.45) is 0 Å². The summed E-state index contributed by atoms with van der Waals surface area (Å²) in [4.78, 5) is 0. The third-order valence-electron chi connectivity index (χ3n) is 5.74. The van der Waals surface area contributed by atoms with Crippen LogP contribution in [0.5, 0.6) is 0 Å². The van der Waals surface area contributed by atoms with E-state index in [2.05, 4.69) is 19.1 Å². The van der Waals surface area contributed by atoms with Crippen molar-refractivity contribution in [1.82, 2.24) is 0 Å². The van der Waals surface area contributed by atoms with Gasteiger partial charge in [-0.2, -0.15) is 8.78 Å².